The van der Waals surface area contributed by atoms with E-state index in [1.54, 1.807) is 18.2 Å². The minimum absolute atomic E-state index is 0.242. The normalized spacial score (nSPS) is 11.7. The van der Waals surface area contributed by atoms with Crippen LogP contribution >= 0.6 is 0 Å². The maximum Gasteiger partial charge on any atom is 0.119 e. The van der Waals surface area contributed by atoms with Gasteiger partial charge in [0, 0.05) is 12.0 Å². The number of phenols is 1. The van der Waals surface area contributed by atoms with Crippen LogP contribution in [0.2, 0.25) is 0 Å². The largest absolute Gasteiger partial charge is 0.512 e. The topological polar surface area (TPSA) is 40.5 Å². The molecule has 0 aliphatic rings. The van der Waals surface area contributed by atoms with Gasteiger partial charge in [0.1, 0.15) is 5.75 Å². The van der Waals surface area contributed by atoms with E-state index < -0.39 is 0 Å². The van der Waals surface area contributed by atoms with Crippen LogP contribution in [0, 0.1) is 6.92 Å². The molecular formula is C19H28O2. The third kappa shape index (κ3) is 5.90. The molecular weight excluding hydrogens is 260 g/mol. The smallest absolute Gasteiger partial charge is 0.119 e. The number of aromatic hydroxyl groups is 1. The predicted octanol–water partition coefficient (Wildman–Crippen LogP) is 5.41. The lowest BCUT2D eigenvalue weighted by atomic mass is 9.95. The first-order valence-corrected chi connectivity index (χ1v) is 7.48. The van der Waals surface area contributed by atoms with Gasteiger partial charge in [-0.25, -0.2) is 0 Å². The molecule has 0 spiro atoms. The summed E-state index contributed by atoms with van der Waals surface area (Å²) in [6.07, 6.45) is 6.39. The summed E-state index contributed by atoms with van der Waals surface area (Å²) in [5, 5.41) is 20.0. The van der Waals surface area contributed by atoms with Gasteiger partial charge < -0.3 is 10.2 Å². The number of allylic oxidation sites excluding steroid dienone is 5. The summed E-state index contributed by atoms with van der Waals surface area (Å²) in [6.45, 7) is 13.6. The zero-order valence-corrected chi connectivity index (χ0v) is 13.9. The number of aliphatic hydroxyl groups excluding tert-OH is 1. The second kappa shape index (κ2) is 9.87. The fraction of sp³-hybridized carbons (Fsp3) is 0.368. The van der Waals surface area contributed by atoms with Crippen LogP contribution in [-0.4, -0.2) is 10.2 Å². The molecule has 0 saturated carbocycles. The van der Waals surface area contributed by atoms with Crippen molar-refractivity contribution >= 4 is 0 Å². The number of hydrogen-bond donors (Lipinski definition) is 2. The monoisotopic (exact) mass is 288 g/mol. The zero-order valence-electron chi connectivity index (χ0n) is 13.9. The van der Waals surface area contributed by atoms with E-state index in [0.29, 0.717) is 6.42 Å². The molecule has 0 bridgehead atoms. The molecule has 21 heavy (non-hydrogen) atoms. The Hall–Kier alpha value is -1.96. The Bertz CT molecular complexity index is 523. The first-order valence-electron chi connectivity index (χ1n) is 7.48. The Balaban J connectivity index is 0.00000191. The third-order valence-corrected chi connectivity index (χ3v) is 3.13. The standard InChI is InChI=1S/C17H22O2.C2H6/c1-5-7-12(3)10-14(18)11-16-15(6-2)13(4)8-9-17(16)19;1-2/h5,7-10,18-19H,1,6,11H2,2-4H3;1-2H3/b12-7-,14-10-;. The van der Waals surface area contributed by atoms with Gasteiger partial charge in [0.15, 0.2) is 0 Å². The Kier molecular flexibility index (Phi) is 8.95. The van der Waals surface area contributed by atoms with Crippen LogP contribution in [0.3, 0.4) is 0 Å². The lowest BCUT2D eigenvalue weighted by Crippen LogP contribution is -1.99. The highest BCUT2D eigenvalue weighted by Crippen LogP contribution is 2.27. The van der Waals surface area contributed by atoms with Crippen molar-refractivity contribution < 1.29 is 10.2 Å². The molecule has 0 fully saturated rings. The van der Waals surface area contributed by atoms with Crippen molar-refractivity contribution in [3.05, 3.63) is 65.0 Å². The molecule has 1 aromatic rings. The molecule has 0 heterocycles. The summed E-state index contributed by atoms with van der Waals surface area (Å²) in [4.78, 5) is 0. The quantitative estimate of drug-likeness (QED) is 0.562. The Morgan fingerprint density at radius 1 is 1.24 bits per heavy atom. The summed E-state index contributed by atoms with van der Waals surface area (Å²) in [5.74, 6) is 0.485. The number of hydrogen-bond acceptors (Lipinski definition) is 2. The van der Waals surface area contributed by atoms with Gasteiger partial charge in [-0.2, -0.15) is 0 Å². The van der Waals surface area contributed by atoms with Gasteiger partial charge in [0.2, 0.25) is 0 Å². The average Bonchev–Trinajstić information content (AvgIpc) is 2.45. The molecule has 2 N–H and O–H groups in total. The fourth-order valence-electron chi connectivity index (χ4n) is 2.22. The van der Waals surface area contributed by atoms with Crippen molar-refractivity contribution in [2.45, 2.75) is 47.5 Å². The van der Waals surface area contributed by atoms with Crippen LogP contribution < -0.4 is 0 Å². The molecule has 116 valence electrons. The van der Waals surface area contributed by atoms with Crippen molar-refractivity contribution in [1.82, 2.24) is 0 Å². The number of benzene rings is 1. The molecule has 0 radical (unpaired) electrons. The van der Waals surface area contributed by atoms with E-state index in [1.807, 2.05) is 39.8 Å². The highest BCUT2D eigenvalue weighted by molar-refractivity contribution is 5.46. The predicted molar refractivity (Wildman–Crippen MR) is 91.9 cm³/mol. The Labute approximate surface area is 129 Å². The van der Waals surface area contributed by atoms with Crippen LogP contribution in [0.15, 0.2) is 48.3 Å². The van der Waals surface area contributed by atoms with Crippen LogP contribution in [0.5, 0.6) is 5.75 Å². The van der Waals surface area contributed by atoms with E-state index in [0.717, 1.165) is 28.7 Å². The fourth-order valence-corrected chi connectivity index (χ4v) is 2.22. The molecule has 0 aliphatic carbocycles. The number of aryl methyl sites for hydroxylation is 1. The van der Waals surface area contributed by atoms with Gasteiger partial charge in [-0.05, 0) is 49.1 Å². The summed E-state index contributed by atoms with van der Waals surface area (Å²) in [6, 6.07) is 3.59. The van der Waals surface area contributed by atoms with E-state index in [-0.39, 0.29) is 11.5 Å². The molecule has 2 heteroatoms. The van der Waals surface area contributed by atoms with Gasteiger partial charge in [-0.15, -0.1) is 0 Å². The molecule has 0 atom stereocenters. The van der Waals surface area contributed by atoms with Crippen molar-refractivity contribution in [2.75, 3.05) is 0 Å². The highest BCUT2D eigenvalue weighted by Gasteiger charge is 2.11. The lowest BCUT2D eigenvalue weighted by molar-refractivity contribution is 0.392. The lowest BCUT2D eigenvalue weighted by Gasteiger charge is -2.13. The maximum atomic E-state index is 10.0. The summed E-state index contributed by atoms with van der Waals surface area (Å²) in [5.41, 5.74) is 3.98. The maximum absolute atomic E-state index is 10.0. The van der Waals surface area contributed by atoms with E-state index in [2.05, 4.69) is 13.5 Å². The molecule has 2 nitrogen and oxygen atoms in total. The molecule has 0 aliphatic heterocycles. The van der Waals surface area contributed by atoms with Crippen molar-refractivity contribution in [2.24, 2.45) is 0 Å². The minimum atomic E-state index is 0.242. The van der Waals surface area contributed by atoms with E-state index in [4.69, 9.17) is 0 Å². The molecule has 0 unspecified atom stereocenters. The third-order valence-electron chi connectivity index (χ3n) is 3.13. The molecule has 0 saturated heterocycles. The average molecular weight is 288 g/mol. The van der Waals surface area contributed by atoms with Crippen molar-refractivity contribution in [3.8, 4) is 5.75 Å². The first kappa shape index (κ1) is 19.0. The van der Waals surface area contributed by atoms with E-state index in [1.165, 1.54) is 0 Å². The van der Waals surface area contributed by atoms with Crippen LogP contribution in [0.4, 0.5) is 0 Å². The number of aliphatic hydroxyl groups is 1. The van der Waals surface area contributed by atoms with Crippen molar-refractivity contribution in [3.63, 3.8) is 0 Å². The van der Waals surface area contributed by atoms with Gasteiger partial charge in [-0.1, -0.05) is 45.6 Å². The summed E-state index contributed by atoms with van der Waals surface area (Å²) < 4.78 is 0. The van der Waals surface area contributed by atoms with Crippen LogP contribution in [-0.2, 0) is 12.8 Å². The Morgan fingerprint density at radius 3 is 2.38 bits per heavy atom. The molecule has 1 aromatic carbocycles. The number of rotatable bonds is 5. The second-order valence-corrected chi connectivity index (χ2v) is 4.67. The second-order valence-electron chi connectivity index (χ2n) is 4.67. The SMILES string of the molecule is C=C/C=C(C)\C=C(/O)Cc1c(O)ccc(C)c1CC.CC. The Morgan fingerprint density at radius 2 is 1.86 bits per heavy atom. The van der Waals surface area contributed by atoms with Gasteiger partial charge >= 0.3 is 0 Å². The minimum Gasteiger partial charge on any atom is -0.512 e. The molecule has 0 aromatic heterocycles. The van der Waals surface area contributed by atoms with E-state index >= 15 is 0 Å². The summed E-state index contributed by atoms with van der Waals surface area (Å²) in [7, 11) is 0. The van der Waals surface area contributed by atoms with Gasteiger partial charge in [-0.3, -0.25) is 0 Å². The van der Waals surface area contributed by atoms with Crippen LogP contribution in [0.25, 0.3) is 0 Å². The number of phenolic OH excluding ortho intramolecular Hbond substituents is 1. The van der Waals surface area contributed by atoms with Gasteiger partial charge in [0.05, 0.1) is 5.76 Å². The molecule has 1 rings (SSSR count). The zero-order chi connectivity index (χ0) is 16.4. The van der Waals surface area contributed by atoms with Crippen LogP contribution in [0.1, 0.15) is 44.4 Å². The van der Waals surface area contributed by atoms with Crippen molar-refractivity contribution in [1.29, 1.82) is 0 Å². The van der Waals surface area contributed by atoms with Gasteiger partial charge in [0.25, 0.3) is 0 Å². The summed E-state index contributed by atoms with van der Waals surface area (Å²) >= 11 is 0. The van der Waals surface area contributed by atoms with E-state index in [9.17, 15) is 10.2 Å². The molecule has 0 amide bonds. The first-order chi connectivity index (χ1) is 9.99. The highest BCUT2D eigenvalue weighted by atomic mass is 16.3.